The van der Waals surface area contributed by atoms with E-state index < -0.39 is 10.0 Å². The number of allylic oxidation sites excluding steroid dienone is 1. The lowest BCUT2D eigenvalue weighted by atomic mass is 10.1. The Morgan fingerprint density at radius 3 is 2.29 bits per heavy atom. The Hall–Kier alpha value is -0.840. The summed E-state index contributed by atoms with van der Waals surface area (Å²) in [6.07, 6.45) is 0. The van der Waals surface area contributed by atoms with Crippen molar-refractivity contribution in [2.24, 2.45) is 5.14 Å². The zero-order chi connectivity index (χ0) is 10.8. The van der Waals surface area contributed by atoms with Crippen LogP contribution < -0.4 is 5.14 Å². The third kappa shape index (κ3) is 3.49. The molecule has 3 nitrogen and oxygen atoms in total. The van der Waals surface area contributed by atoms with Gasteiger partial charge in [-0.15, -0.1) is 0 Å². The molecule has 1 aromatic carbocycles. The fourth-order valence-corrected chi connectivity index (χ4v) is 1.78. The van der Waals surface area contributed by atoms with E-state index in [0.717, 1.165) is 11.0 Å². The van der Waals surface area contributed by atoms with Gasteiger partial charge in [-0.05, 0) is 30.2 Å². The molecule has 2 N–H and O–H groups in total. The van der Waals surface area contributed by atoms with E-state index in [9.17, 15) is 8.42 Å². The Kier molecular flexibility index (Phi) is 3.31. The molecule has 1 rings (SSSR count). The molecule has 76 valence electrons. The number of sulfonamides is 1. The van der Waals surface area contributed by atoms with Gasteiger partial charge < -0.3 is 0 Å². The first-order chi connectivity index (χ1) is 6.38. The van der Waals surface area contributed by atoms with Gasteiger partial charge in [-0.2, -0.15) is 0 Å². The van der Waals surface area contributed by atoms with E-state index in [2.05, 4.69) is 0 Å². The highest BCUT2D eigenvalue weighted by Gasteiger charge is 2.01. The summed E-state index contributed by atoms with van der Waals surface area (Å²) in [5.74, 6) is 0. The summed E-state index contributed by atoms with van der Waals surface area (Å²) in [5, 5.41) is 6.51. The van der Waals surface area contributed by atoms with E-state index in [-0.39, 0.29) is 0 Å². The molecule has 14 heavy (non-hydrogen) atoms. The Balaban J connectivity index is 3.07. The molecule has 0 fully saturated rings. The summed E-state index contributed by atoms with van der Waals surface area (Å²) in [7, 11) is -3.58. The Bertz CT molecular complexity index is 448. The monoisotopic (exact) mass is 231 g/mol. The van der Waals surface area contributed by atoms with Gasteiger partial charge in [0, 0.05) is 10.4 Å². The van der Waals surface area contributed by atoms with Crippen LogP contribution in [0.4, 0.5) is 0 Å². The van der Waals surface area contributed by atoms with Gasteiger partial charge in [-0.25, -0.2) is 13.6 Å². The average Bonchev–Trinajstić information content (AvgIpc) is 2.02. The number of nitrogens with two attached hydrogens (primary N) is 1. The number of halogens is 1. The maximum atomic E-state index is 10.8. The van der Waals surface area contributed by atoms with Crippen molar-refractivity contribution in [2.75, 3.05) is 0 Å². The first kappa shape index (κ1) is 11.2. The second-order valence-corrected chi connectivity index (χ2v) is 4.75. The molecule has 0 aromatic heterocycles. The van der Waals surface area contributed by atoms with Gasteiger partial charge in [0.05, 0.1) is 0 Å². The molecule has 0 spiro atoms. The number of benzene rings is 1. The SMILES string of the molecule is C/C(=C\S(N)(=O)=O)c1ccc(Cl)cc1. The predicted octanol–water partition coefficient (Wildman–Crippen LogP) is 1.99. The summed E-state index contributed by atoms with van der Waals surface area (Å²) in [4.78, 5) is 0. The smallest absolute Gasteiger partial charge is 0.225 e. The minimum atomic E-state index is -3.58. The van der Waals surface area contributed by atoms with Gasteiger partial charge in [-0.1, -0.05) is 23.7 Å². The van der Waals surface area contributed by atoms with Crippen LogP contribution in [-0.4, -0.2) is 8.42 Å². The van der Waals surface area contributed by atoms with Crippen LogP contribution in [0.15, 0.2) is 29.7 Å². The highest BCUT2D eigenvalue weighted by molar-refractivity contribution is 7.92. The van der Waals surface area contributed by atoms with Crippen molar-refractivity contribution >= 4 is 27.2 Å². The summed E-state index contributed by atoms with van der Waals surface area (Å²) in [5.41, 5.74) is 1.37. The van der Waals surface area contributed by atoms with Crippen molar-refractivity contribution in [3.63, 3.8) is 0 Å². The van der Waals surface area contributed by atoms with E-state index in [1.54, 1.807) is 31.2 Å². The second kappa shape index (κ2) is 4.13. The lowest BCUT2D eigenvalue weighted by molar-refractivity contribution is 0.606. The van der Waals surface area contributed by atoms with Crippen LogP contribution in [0.3, 0.4) is 0 Å². The molecule has 1 aromatic rings. The zero-order valence-electron chi connectivity index (χ0n) is 7.57. The number of rotatable bonds is 2. The maximum absolute atomic E-state index is 10.8. The van der Waals surface area contributed by atoms with Crippen LogP contribution in [0.5, 0.6) is 0 Å². The summed E-state index contributed by atoms with van der Waals surface area (Å²) >= 11 is 5.69. The minimum Gasteiger partial charge on any atom is -0.225 e. The fraction of sp³-hybridized carbons (Fsp3) is 0.111. The molecule has 0 atom stereocenters. The maximum Gasteiger partial charge on any atom is 0.231 e. The molecular formula is C9H10ClNO2S. The van der Waals surface area contributed by atoms with E-state index in [0.29, 0.717) is 10.6 Å². The van der Waals surface area contributed by atoms with Crippen molar-refractivity contribution in [3.8, 4) is 0 Å². The highest BCUT2D eigenvalue weighted by Crippen LogP contribution is 2.17. The molecule has 0 amide bonds. The van der Waals surface area contributed by atoms with Crippen molar-refractivity contribution in [1.82, 2.24) is 0 Å². The lowest BCUT2D eigenvalue weighted by Gasteiger charge is -2.00. The number of primary sulfonamides is 1. The molecule has 0 saturated heterocycles. The van der Waals surface area contributed by atoms with Crippen molar-refractivity contribution < 1.29 is 8.42 Å². The molecule has 0 aliphatic heterocycles. The Morgan fingerprint density at radius 2 is 1.86 bits per heavy atom. The van der Waals surface area contributed by atoms with Crippen LogP contribution in [0.25, 0.3) is 5.57 Å². The van der Waals surface area contributed by atoms with E-state index in [1.165, 1.54) is 0 Å². The third-order valence-corrected chi connectivity index (χ3v) is 2.57. The summed E-state index contributed by atoms with van der Waals surface area (Å²) < 4.78 is 21.5. The molecule has 0 aliphatic carbocycles. The zero-order valence-corrected chi connectivity index (χ0v) is 9.14. The highest BCUT2D eigenvalue weighted by atomic mass is 35.5. The Morgan fingerprint density at radius 1 is 1.36 bits per heavy atom. The lowest BCUT2D eigenvalue weighted by Crippen LogP contribution is -2.07. The molecule has 0 aliphatic rings. The average molecular weight is 232 g/mol. The molecular weight excluding hydrogens is 222 g/mol. The molecule has 0 saturated carbocycles. The standard InChI is InChI=1S/C9H10ClNO2S/c1-7(6-14(11,12)13)8-2-4-9(10)5-3-8/h2-6H,1H3,(H2,11,12,13)/b7-6+. The van der Waals surface area contributed by atoms with Crippen molar-refractivity contribution in [2.45, 2.75) is 6.92 Å². The largest absolute Gasteiger partial charge is 0.231 e. The van der Waals surface area contributed by atoms with Gasteiger partial charge >= 0.3 is 0 Å². The molecule has 0 radical (unpaired) electrons. The topological polar surface area (TPSA) is 60.2 Å². The quantitative estimate of drug-likeness (QED) is 0.846. The molecule has 0 unspecified atom stereocenters. The minimum absolute atomic E-state index is 0.587. The first-order valence-electron chi connectivity index (χ1n) is 3.85. The van der Waals surface area contributed by atoms with Gasteiger partial charge in [0.1, 0.15) is 0 Å². The van der Waals surface area contributed by atoms with E-state index >= 15 is 0 Å². The van der Waals surface area contributed by atoms with Gasteiger partial charge in [0.25, 0.3) is 0 Å². The van der Waals surface area contributed by atoms with Gasteiger partial charge in [0.15, 0.2) is 0 Å². The van der Waals surface area contributed by atoms with Crippen molar-refractivity contribution in [3.05, 3.63) is 40.3 Å². The third-order valence-electron chi connectivity index (χ3n) is 1.64. The number of hydrogen-bond donors (Lipinski definition) is 1. The van der Waals surface area contributed by atoms with Crippen LogP contribution in [0, 0.1) is 0 Å². The van der Waals surface area contributed by atoms with Crippen LogP contribution in [-0.2, 0) is 10.0 Å². The Labute approximate surface area is 88.2 Å². The predicted molar refractivity (Wildman–Crippen MR) is 58.2 cm³/mol. The van der Waals surface area contributed by atoms with Crippen LogP contribution in [0.2, 0.25) is 5.02 Å². The fourth-order valence-electron chi connectivity index (χ4n) is 1.03. The van der Waals surface area contributed by atoms with Gasteiger partial charge in [0.2, 0.25) is 10.0 Å². The van der Waals surface area contributed by atoms with E-state index in [4.69, 9.17) is 16.7 Å². The normalized spacial score (nSPS) is 12.9. The van der Waals surface area contributed by atoms with Crippen LogP contribution >= 0.6 is 11.6 Å². The molecule has 0 bridgehead atoms. The van der Waals surface area contributed by atoms with Crippen LogP contribution in [0.1, 0.15) is 12.5 Å². The van der Waals surface area contributed by atoms with Crippen molar-refractivity contribution in [1.29, 1.82) is 0 Å². The summed E-state index contributed by atoms with van der Waals surface area (Å²) in [6.45, 7) is 1.67. The number of hydrogen-bond acceptors (Lipinski definition) is 2. The molecule has 5 heteroatoms. The van der Waals surface area contributed by atoms with Gasteiger partial charge in [-0.3, -0.25) is 0 Å². The second-order valence-electron chi connectivity index (χ2n) is 2.90. The van der Waals surface area contributed by atoms with E-state index in [1.807, 2.05) is 0 Å². The summed E-state index contributed by atoms with van der Waals surface area (Å²) in [6, 6.07) is 6.85. The molecule has 0 heterocycles. The first-order valence-corrected chi connectivity index (χ1v) is 5.84.